The predicted octanol–water partition coefficient (Wildman–Crippen LogP) is 8.57. The van der Waals surface area contributed by atoms with E-state index in [0.29, 0.717) is 47.7 Å². The number of rotatable bonds is 12. The van der Waals surface area contributed by atoms with Crippen LogP contribution in [0.3, 0.4) is 0 Å². The van der Waals surface area contributed by atoms with Gasteiger partial charge in [0.25, 0.3) is 0 Å². The molecule has 0 aliphatic carbocycles. The summed E-state index contributed by atoms with van der Waals surface area (Å²) in [4.78, 5) is 23.2. The molecule has 20 heteroatoms. The lowest BCUT2D eigenvalue weighted by Gasteiger charge is -2.13. The summed E-state index contributed by atoms with van der Waals surface area (Å²) in [5.74, 6) is -2.14. The van der Waals surface area contributed by atoms with Crippen molar-refractivity contribution in [2.24, 2.45) is 0 Å². The molecule has 0 atom stereocenters. The molecule has 4 aromatic carbocycles. The zero-order valence-electron chi connectivity index (χ0n) is 33.7. The zero-order valence-corrected chi connectivity index (χ0v) is 36.8. The molecule has 0 unspecified atom stereocenters. The van der Waals surface area contributed by atoms with Crippen molar-refractivity contribution >= 4 is 57.1 Å². The Labute approximate surface area is 382 Å². The average Bonchev–Trinajstić information content (AvgIpc) is 4.08. The Hall–Kier alpha value is -6.60. The van der Waals surface area contributed by atoms with Gasteiger partial charge in [-0.1, -0.05) is 108 Å². The molecule has 330 valence electrons. The number of hydrogen-bond acceptors (Lipinski definition) is 8. The van der Waals surface area contributed by atoms with Gasteiger partial charge in [0.2, 0.25) is 3.79 Å². The third kappa shape index (κ3) is 12.7. The first-order valence-electron chi connectivity index (χ1n) is 19.2. The monoisotopic (exact) mass is 944 g/mol. The van der Waals surface area contributed by atoms with Crippen LogP contribution in [0.4, 0.5) is 0 Å². The van der Waals surface area contributed by atoms with E-state index in [0.717, 1.165) is 34.9 Å². The minimum atomic E-state index is -4.67. The third-order valence-electron chi connectivity index (χ3n) is 9.22. The second-order valence-corrected chi connectivity index (χ2v) is 17.1. The SMILES string of the molecule is Cc1cc(CCc2cc(C(Cl)(Cl)Cl)n(-c3ccccc3)n2)nn1-c1ccccc1.O=C(O)c1cc(CCc2cc(C(=O)O)n(-c3ccccc3)n2)nn1-c1ccccc1.O=S(=O)(O)O. The van der Waals surface area contributed by atoms with Crippen LogP contribution in [-0.4, -0.2) is 78.8 Å². The lowest BCUT2D eigenvalue weighted by atomic mass is 10.2. The lowest BCUT2D eigenvalue weighted by molar-refractivity contribution is 0.0676. The molecule has 4 heterocycles. The number of carboxylic acids is 2. The smallest absolute Gasteiger partial charge is 0.394 e. The number of aromatic nitrogens is 8. The summed E-state index contributed by atoms with van der Waals surface area (Å²) in [5.41, 5.74) is 7.97. The first-order chi connectivity index (χ1) is 30.4. The Morgan fingerprint density at radius 2 is 0.781 bits per heavy atom. The second kappa shape index (κ2) is 20.7. The number of carboxylic acid groups (broad SMARTS) is 2. The molecule has 0 saturated heterocycles. The Bertz CT molecular complexity index is 2830. The van der Waals surface area contributed by atoms with Crippen LogP contribution in [0, 0.1) is 6.92 Å². The van der Waals surface area contributed by atoms with Gasteiger partial charge >= 0.3 is 22.3 Å². The fraction of sp³-hybridized carbons (Fsp3) is 0.136. The molecule has 0 aliphatic heterocycles. The van der Waals surface area contributed by atoms with Gasteiger partial charge in [-0.15, -0.1) is 0 Å². The maximum absolute atomic E-state index is 11.6. The van der Waals surface area contributed by atoms with Gasteiger partial charge in [0.1, 0.15) is 0 Å². The summed E-state index contributed by atoms with van der Waals surface area (Å²) in [6, 6.07) is 44.8. The third-order valence-corrected chi connectivity index (χ3v) is 9.81. The Balaban J connectivity index is 0.000000192. The molecule has 0 saturated carbocycles. The van der Waals surface area contributed by atoms with E-state index in [1.807, 2.05) is 108 Å². The van der Waals surface area contributed by atoms with E-state index in [1.165, 1.54) is 21.5 Å². The summed E-state index contributed by atoms with van der Waals surface area (Å²) in [7, 11) is -4.67. The topological polar surface area (TPSA) is 220 Å². The summed E-state index contributed by atoms with van der Waals surface area (Å²) in [5, 5.41) is 37.3. The predicted molar refractivity (Wildman–Crippen MR) is 241 cm³/mol. The van der Waals surface area contributed by atoms with Gasteiger partial charge in [0, 0.05) is 5.69 Å². The van der Waals surface area contributed by atoms with E-state index in [2.05, 4.69) is 28.3 Å². The Morgan fingerprint density at radius 3 is 1.12 bits per heavy atom. The Morgan fingerprint density at radius 1 is 0.500 bits per heavy atom. The maximum atomic E-state index is 11.6. The van der Waals surface area contributed by atoms with Crippen molar-refractivity contribution in [1.82, 2.24) is 39.1 Å². The van der Waals surface area contributed by atoms with Crippen LogP contribution in [0.5, 0.6) is 0 Å². The highest BCUT2D eigenvalue weighted by Crippen LogP contribution is 2.39. The molecule has 0 aliphatic rings. The quantitative estimate of drug-likeness (QED) is 0.0669. The highest BCUT2D eigenvalue weighted by molar-refractivity contribution is 7.79. The molecule has 8 rings (SSSR count). The molecule has 16 nitrogen and oxygen atoms in total. The van der Waals surface area contributed by atoms with Crippen molar-refractivity contribution in [3.63, 3.8) is 0 Å². The van der Waals surface area contributed by atoms with Crippen LogP contribution in [0.1, 0.15) is 55.1 Å². The lowest BCUT2D eigenvalue weighted by Crippen LogP contribution is -2.10. The number of para-hydroxylation sites is 4. The molecule has 4 N–H and O–H groups in total. The fourth-order valence-electron chi connectivity index (χ4n) is 6.47. The van der Waals surface area contributed by atoms with Crippen LogP contribution in [-0.2, 0) is 39.9 Å². The molecule has 0 fully saturated rings. The number of halogens is 3. The van der Waals surface area contributed by atoms with Crippen LogP contribution < -0.4 is 0 Å². The second-order valence-electron chi connectivity index (χ2n) is 13.9. The van der Waals surface area contributed by atoms with Gasteiger partial charge in [0.15, 0.2) is 11.4 Å². The van der Waals surface area contributed by atoms with Gasteiger partial charge in [-0.2, -0.15) is 28.8 Å². The highest BCUT2D eigenvalue weighted by atomic mass is 35.6. The van der Waals surface area contributed by atoms with E-state index in [-0.39, 0.29) is 11.4 Å². The van der Waals surface area contributed by atoms with Crippen molar-refractivity contribution in [2.75, 3.05) is 0 Å². The van der Waals surface area contributed by atoms with Gasteiger partial charge in [-0.25, -0.2) is 28.3 Å². The minimum absolute atomic E-state index is 0.0669. The number of nitrogens with zero attached hydrogens (tertiary/aromatic N) is 8. The van der Waals surface area contributed by atoms with Gasteiger partial charge < -0.3 is 10.2 Å². The number of alkyl halides is 3. The molecule has 64 heavy (non-hydrogen) atoms. The summed E-state index contributed by atoms with van der Waals surface area (Å²) < 4.78 is 36.4. The Kier molecular flexibility index (Phi) is 15.2. The fourth-order valence-corrected chi connectivity index (χ4v) is 6.87. The van der Waals surface area contributed by atoms with Crippen LogP contribution in [0.15, 0.2) is 146 Å². The first kappa shape index (κ1) is 46.9. The minimum Gasteiger partial charge on any atom is -0.477 e. The van der Waals surface area contributed by atoms with Gasteiger partial charge in [-0.3, -0.25) is 9.11 Å². The maximum Gasteiger partial charge on any atom is 0.394 e. The van der Waals surface area contributed by atoms with Crippen molar-refractivity contribution in [3.05, 3.63) is 191 Å². The van der Waals surface area contributed by atoms with Gasteiger partial charge in [-0.05, 0) is 105 Å². The molecule has 0 amide bonds. The standard InChI is InChI=1S/C22H19Cl3N4.C22H18N4O4.H2O4S/c1-16-14-17(26-28(16)19-8-4-2-5-9-19)12-13-18-15-21(22(23,24)25)29(27-18)20-10-6-3-7-11-20;27-21(28)19-13-15(23-25(19)17-7-3-1-4-8-17)11-12-16-14-20(22(29)30)26(24-16)18-9-5-2-6-10-18;1-5(2,3)4/h2-11,14-15H,12-13H2,1H3;1-10,13-14H,11-12H2,(H,27,28)(H,29,30);(H2,1,2,3,4). The largest absolute Gasteiger partial charge is 0.477 e. The summed E-state index contributed by atoms with van der Waals surface area (Å²) >= 11 is 18.6. The van der Waals surface area contributed by atoms with Crippen molar-refractivity contribution < 1.29 is 37.3 Å². The molecule has 4 aromatic heterocycles. The molecule has 0 bridgehead atoms. The van der Waals surface area contributed by atoms with E-state index < -0.39 is 26.1 Å². The zero-order chi connectivity index (χ0) is 46.0. The molecular formula is C44H39Cl3N8O8S. The highest BCUT2D eigenvalue weighted by Gasteiger charge is 2.29. The van der Waals surface area contributed by atoms with Gasteiger partial charge in [0.05, 0.1) is 51.2 Å². The summed E-state index contributed by atoms with van der Waals surface area (Å²) in [6.07, 6.45) is 2.28. The number of carbonyl (C=O) groups is 2. The van der Waals surface area contributed by atoms with Crippen LogP contribution in [0.25, 0.3) is 22.7 Å². The van der Waals surface area contributed by atoms with Crippen LogP contribution >= 0.6 is 34.8 Å². The van der Waals surface area contributed by atoms with E-state index in [9.17, 15) is 19.8 Å². The molecule has 0 radical (unpaired) electrons. The van der Waals surface area contributed by atoms with E-state index >= 15 is 0 Å². The van der Waals surface area contributed by atoms with Crippen molar-refractivity contribution in [3.8, 4) is 22.7 Å². The first-order valence-corrected chi connectivity index (χ1v) is 21.8. The number of aromatic carboxylic acids is 2. The summed E-state index contributed by atoms with van der Waals surface area (Å²) in [6.45, 7) is 2.05. The molecule has 0 spiro atoms. The number of hydrogen-bond donors (Lipinski definition) is 4. The normalized spacial score (nSPS) is 11.3. The van der Waals surface area contributed by atoms with Crippen LogP contribution in [0.2, 0.25) is 0 Å². The van der Waals surface area contributed by atoms with E-state index in [1.54, 1.807) is 28.9 Å². The number of aryl methyl sites for hydroxylation is 5. The molecule has 8 aromatic rings. The average molecular weight is 946 g/mol. The number of benzene rings is 4. The van der Waals surface area contributed by atoms with E-state index in [4.69, 9.17) is 57.4 Å². The van der Waals surface area contributed by atoms with Crippen molar-refractivity contribution in [2.45, 2.75) is 36.4 Å². The molecular weight excluding hydrogens is 907 g/mol. The van der Waals surface area contributed by atoms with Crippen molar-refractivity contribution in [1.29, 1.82) is 0 Å².